The predicted octanol–water partition coefficient (Wildman–Crippen LogP) is 2.62. The van der Waals surface area contributed by atoms with E-state index in [0.29, 0.717) is 35.2 Å². The van der Waals surface area contributed by atoms with E-state index in [1.807, 2.05) is 6.07 Å². The van der Waals surface area contributed by atoms with Crippen molar-refractivity contribution in [3.8, 4) is 17.2 Å². The highest BCUT2D eigenvalue weighted by Gasteiger charge is 2.24. The number of fused-ring (bicyclic) bond motifs is 1. The van der Waals surface area contributed by atoms with Gasteiger partial charge in [0.15, 0.2) is 24.7 Å². The molecule has 2 aromatic rings. The molecular weight excluding hydrogens is 348 g/mol. The smallest absolute Gasteiger partial charge is 0.265 e. The van der Waals surface area contributed by atoms with Crippen LogP contribution >= 0.6 is 0 Å². The third kappa shape index (κ3) is 4.20. The normalized spacial score (nSPS) is 12.6. The van der Waals surface area contributed by atoms with E-state index in [9.17, 15) is 9.59 Å². The molecule has 0 saturated heterocycles. The molecule has 0 fully saturated rings. The highest BCUT2D eigenvalue weighted by Crippen LogP contribution is 2.34. The van der Waals surface area contributed by atoms with E-state index in [-0.39, 0.29) is 25.0 Å². The van der Waals surface area contributed by atoms with Crippen LogP contribution in [0.2, 0.25) is 0 Å². The van der Waals surface area contributed by atoms with Gasteiger partial charge >= 0.3 is 0 Å². The van der Waals surface area contributed by atoms with Crippen molar-refractivity contribution >= 4 is 23.2 Å². The Labute approximate surface area is 157 Å². The fourth-order valence-electron chi connectivity index (χ4n) is 2.69. The summed E-state index contributed by atoms with van der Waals surface area (Å²) >= 11 is 0. The van der Waals surface area contributed by atoms with Gasteiger partial charge < -0.3 is 24.4 Å². The zero-order chi connectivity index (χ0) is 19.2. The molecule has 27 heavy (non-hydrogen) atoms. The molecule has 1 aliphatic heterocycles. The van der Waals surface area contributed by atoms with Crippen molar-refractivity contribution < 1.29 is 23.8 Å². The van der Waals surface area contributed by atoms with Gasteiger partial charge in [0.1, 0.15) is 5.75 Å². The molecular formula is C20H20N2O5. The van der Waals surface area contributed by atoms with E-state index in [2.05, 4.69) is 11.9 Å². The fraction of sp³-hybridized carbons (Fsp3) is 0.200. The molecule has 0 unspecified atom stereocenters. The summed E-state index contributed by atoms with van der Waals surface area (Å²) in [4.78, 5) is 25.7. The Morgan fingerprint density at radius 3 is 2.81 bits per heavy atom. The summed E-state index contributed by atoms with van der Waals surface area (Å²) in [6, 6.07) is 12.2. The second kappa shape index (κ2) is 8.27. The molecule has 0 atom stereocenters. The van der Waals surface area contributed by atoms with Crippen molar-refractivity contribution in [2.24, 2.45) is 0 Å². The summed E-state index contributed by atoms with van der Waals surface area (Å²) in [5, 5.41) is 2.75. The number of benzene rings is 2. The van der Waals surface area contributed by atoms with Crippen molar-refractivity contribution in [1.29, 1.82) is 0 Å². The molecule has 2 amide bonds. The van der Waals surface area contributed by atoms with Crippen LogP contribution in [0.1, 0.15) is 0 Å². The quantitative estimate of drug-likeness (QED) is 0.760. The minimum Gasteiger partial charge on any atom is -0.493 e. The SMILES string of the molecule is C=CCN1C(=O)COc2cc(NC(=O)COc3ccccc3OC)ccc21. The van der Waals surface area contributed by atoms with Crippen LogP contribution in [0.5, 0.6) is 17.2 Å². The van der Waals surface area contributed by atoms with Gasteiger partial charge in [-0.2, -0.15) is 0 Å². The van der Waals surface area contributed by atoms with Gasteiger partial charge in [0, 0.05) is 18.3 Å². The molecule has 140 valence electrons. The van der Waals surface area contributed by atoms with Crippen LogP contribution < -0.4 is 24.4 Å². The standard InChI is InChI=1S/C20H20N2O5/c1-3-10-22-15-9-8-14(11-18(15)27-13-20(22)24)21-19(23)12-26-17-7-5-4-6-16(17)25-2/h3-9,11H,1,10,12-13H2,2H3,(H,21,23). The maximum absolute atomic E-state index is 12.2. The number of hydrogen-bond acceptors (Lipinski definition) is 5. The molecule has 0 aromatic heterocycles. The summed E-state index contributed by atoms with van der Waals surface area (Å²) in [6.45, 7) is 3.85. The maximum Gasteiger partial charge on any atom is 0.265 e. The van der Waals surface area contributed by atoms with E-state index in [1.165, 1.54) is 7.11 Å². The molecule has 0 saturated carbocycles. The van der Waals surface area contributed by atoms with Crippen LogP contribution in [0.3, 0.4) is 0 Å². The Morgan fingerprint density at radius 1 is 1.30 bits per heavy atom. The molecule has 0 radical (unpaired) electrons. The molecule has 7 heteroatoms. The molecule has 0 bridgehead atoms. The Balaban J connectivity index is 1.65. The average Bonchev–Trinajstić information content (AvgIpc) is 2.69. The first-order chi connectivity index (χ1) is 13.1. The monoisotopic (exact) mass is 368 g/mol. The molecule has 2 aromatic carbocycles. The Bertz CT molecular complexity index is 865. The Hall–Kier alpha value is -3.48. The molecule has 0 aliphatic carbocycles. The number of nitrogens with zero attached hydrogens (tertiary/aromatic N) is 1. The first-order valence-corrected chi connectivity index (χ1v) is 8.36. The number of carbonyl (C=O) groups excluding carboxylic acids is 2. The lowest BCUT2D eigenvalue weighted by Crippen LogP contribution is -2.38. The van der Waals surface area contributed by atoms with Crippen LogP contribution in [0.15, 0.2) is 55.1 Å². The van der Waals surface area contributed by atoms with Gasteiger partial charge in [-0.05, 0) is 24.3 Å². The molecule has 3 rings (SSSR count). The average molecular weight is 368 g/mol. The summed E-state index contributed by atoms with van der Waals surface area (Å²) < 4.78 is 16.2. The van der Waals surface area contributed by atoms with Gasteiger partial charge in [0.2, 0.25) is 0 Å². The number of nitrogens with one attached hydrogen (secondary N) is 1. The summed E-state index contributed by atoms with van der Waals surface area (Å²) in [5.74, 6) is 1.11. The lowest BCUT2D eigenvalue weighted by atomic mass is 10.2. The second-order valence-electron chi connectivity index (χ2n) is 5.75. The van der Waals surface area contributed by atoms with E-state index in [1.54, 1.807) is 47.4 Å². The van der Waals surface area contributed by atoms with Crippen molar-refractivity contribution in [2.75, 3.05) is 37.1 Å². The first kappa shape index (κ1) is 18.3. The number of ether oxygens (including phenoxy) is 3. The van der Waals surface area contributed by atoms with Crippen molar-refractivity contribution in [3.05, 3.63) is 55.1 Å². The van der Waals surface area contributed by atoms with Gasteiger partial charge in [-0.3, -0.25) is 9.59 Å². The number of carbonyl (C=O) groups is 2. The topological polar surface area (TPSA) is 77.1 Å². The third-order valence-electron chi connectivity index (χ3n) is 3.93. The Morgan fingerprint density at radius 2 is 2.07 bits per heavy atom. The molecule has 7 nitrogen and oxygen atoms in total. The van der Waals surface area contributed by atoms with Crippen LogP contribution in [-0.2, 0) is 9.59 Å². The van der Waals surface area contributed by atoms with Gasteiger partial charge in [-0.1, -0.05) is 18.2 Å². The van der Waals surface area contributed by atoms with E-state index in [0.717, 1.165) is 0 Å². The van der Waals surface area contributed by atoms with E-state index < -0.39 is 0 Å². The minimum absolute atomic E-state index is 0.0465. The van der Waals surface area contributed by atoms with Crippen molar-refractivity contribution in [2.45, 2.75) is 0 Å². The second-order valence-corrected chi connectivity index (χ2v) is 5.75. The number of methoxy groups -OCH3 is 1. The largest absolute Gasteiger partial charge is 0.493 e. The van der Waals surface area contributed by atoms with Gasteiger partial charge in [0.05, 0.1) is 12.8 Å². The predicted molar refractivity (Wildman–Crippen MR) is 102 cm³/mol. The summed E-state index contributed by atoms with van der Waals surface area (Å²) in [5.41, 5.74) is 1.20. The van der Waals surface area contributed by atoms with Crippen LogP contribution in [0, 0.1) is 0 Å². The van der Waals surface area contributed by atoms with Crippen LogP contribution in [-0.4, -0.2) is 38.7 Å². The van der Waals surface area contributed by atoms with Crippen molar-refractivity contribution in [1.82, 2.24) is 0 Å². The lowest BCUT2D eigenvalue weighted by Gasteiger charge is -2.28. The summed E-state index contributed by atoms with van der Waals surface area (Å²) in [6.07, 6.45) is 1.65. The van der Waals surface area contributed by atoms with Gasteiger partial charge in [-0.15, -0.1) is 6.58 Å². The summed E-state index contributed by atoms with van der Waals surface area (Å²) in [7, 11) is 1.54. The molecule has 1 N–H and O–H groups in total. The Kier molecular flexibility index (Phi) is 5.61. The molecule has 0 spiro atoms. The van der Waals surface area contributed by atoms with Crippen LogP contribution in [0.25, 0.3) is 0 Å². The minimum atomic E-state index is -0.323. The number of amides is 2. The van der Waals surface area contributed by atoms with E-state index in [4.69, 9.17) is 14.2 Å². The number of anilines is 2. The maximum atomic E-state index is 12.2. The number of para-hydroxylation sites is 2. The highest BCUT2D eigenvalue weighted by atomic mass is 16.5. The zero-order valence-corrected chi connectivity index (χ0v) is 14.9. The molecule has 1 aliphatic rings. The van der Waals surface area contributed by atoms with Crippen LogP contribution in [0.4, 0.5) is 11.4 Å². The lowest BCUT2D eigenvalue weighted by molar-refractivity contribution is -0.121. The van der Waals surface area contributed by atoms with Crippen molar-refractivity contribution in [3.63, 3.8) is 0 Å². The van der Waals surface area contributed by atoms with Gasteiger partial charge in [0.25, 0.3) is 11.8 Å². The first-order valence-electron chi connectivity index (χ1n) is 8.36. The highest BCUT2D eigenvalue weighted by molar-refractivity contribution is 5.99. The third-order valence-corrected chi connectivity index (χ3v) is 3.93. The van der Waals surface area contributed by atoms with Gasteiger partial charge in [-0.25, -0.2) is 0 Å². The number of rotatable bonds is 7. The fourth-order valence-corrected chi connectivity index (χ4v) is 2.69. The number of hydrogen-bond donors (Lipinski definition) is 1. The zero-order valence-electron chi connectivity index (χ0n) is 14.9. The molecule has 1 heterocycles. The van der Waals surface area contributed by atoms with E-state index >= 15 is 0 Å².